The lowest BCUT2D eigenvalue weighted by Crippen LogP contribution is -2.57. The fourth-order valence-electron chi connectivity index (χ4n) is 5.87. The lowest BCUT2D eigenvalue weighted by atomic mass is 9.82. The molecule has 226 valence electrons. The van der Waals surface area contributed by atoms with E-state index >= 15 is 0 Å². The molecule has 2 aliphatic rings. The first-order chi connectivity index (χ1) is 19.2. The third-order valence-electron chi connectivity index (χ3n) is 8.30. The minimum absolute atomic E-state index is 0.0768. The van der Waals surface area contributed by atoms with Gasteiger partial charge in [0.15, 0.2) is 0 Å². The van der Waals surface area contributed by atoms with Crippen LogP contribution in [0.15, 0.2) is 36.4 Å². The van der Waals surface area contributed by atoms with Gasteiger partial charge in [0, 0.05) is 53.0 Å². The van der Waals surface area contributed by atoms with Crippen LogP contribution < -0.4 is 4.90 Å². The summed E-state index contributed by atoms with van der Waals surface area (Å²) in [5, 5.41) is 21.1. The molecule has 6 nitrogen and oxygen atoms in total. The van der Waals surface area contributed by atoms with Gasteiger partial charge in [-0.3, -0.25) is 9.69 Å². The van der Waals surface area contributed by atoms with Crippen molar-refractivity contribution in [2.24, 2.45) is 11.8 Å². The van der Waals surface area contributed by atoms with E-state index in [-0.39, 0.29) is 24.0 Å². The van der Waals surface area contributed by atoms with Gasteiger partial charge in [0.05, 0.1) is 0 Å². The highest BCUT2D eigenvalue weighted by Gasteiger charge is 2.62. The van der Waals surface area contributed by atoms with E-state index in [9.17, 15) is 32.6 Å². The molecule has 4 rings (SSSR count). The van der Waals surface area contributed by atoms with Gasteiger partial charge in [-0.15, -0.1) is 0 Å². The Hall–Kier alpha value is -2.11. The zero-order chi connectivity index (χ0) is 30.1. The number of carbonyl (C=O) groups excluding carboxylic acids is 1. The van der Waals surface area contributed by atoms with Crippen molar-refractivity contribution in [1.82, 2.24) is 9.80 Å². The molecule has 2 N–H and O–H groups in total. The molecule has 0 aromatic heterocycles. The summed E-state index contributed by atoms with van der Waals surface area (Å²) in [4.78, 5) is 18.0. The summed E-state index contributed by atoms with van der Waals surface area (Å²) in [7, 11) is 3.54. The van der Waals surface area contributed by atoms with Gasteiger partial charge >= 0.3 is 6.18 Å². The SMILES string of the molecule is CN(C)C(O)c1ccc(N2CCC(CC3CCN(C(=O)C(O)(c4cc(F)cc(Cl)c4)C(F)(F)F)CC3)CC2)cc1Cl. The third-order valence-corrected chi connectivity index (χ3v) is 8.85. The van der Waals surface area contributed by atoms with Gasteiger partial charge in [-0.1, -0.05) is 29.3 Å². The summed E-state index contributed by atoms with van der Waals surface area (Å²) >= 11 is 12.2. The van der Waals surface area contributed by atoms with E-state index in [1.165, 1.54) is 0 Å². The van der Waals surface area contributed by atoms with Gasteiger partial charge in [-0.25, -0.2) is 4.39 Å². The molecular weight excluding hydrogens is 585 g/mol. The van der Waals surface area contributed by atoms with Crippen LogP contribution in [-0.4, -0.2) is 72.4 Å². The first kappa shape index (κ1) is 31.8. The van der Waals surface area contributed by atoms with Crippen LogP contribution in [0.3, 0.4) is 0 Å². The molecule has 0 saturated carbocycles. The summed E-state index contributed by atoms with van der Waals surface area (Å²) in [5.41, 5.74) is -3.18. The number of anilines is 1. The van der Waals surface area contributed by atoms with E-state index in [2.05, 4.69) is 4.90 Å². The van der Waals surface area contributed by atoms with E-state index in [0.717, 1.165) is 55.1 Å². The van der Waals surface area contributed by atoms with E-state index in [1.807, 2.05) is 18.2 Å². The Kier molecular flexibility index (Phi) is 9.80. The largest absolute Gasteiger partial charge is 0.430 e. The topological polar surface area (TPSA) is 67.2 Å². The van der Waals surface area contributed by atoms with Gasteiger partial charge in [0.25, 0.3) is 11.5 Å². The molecule has 41 heavy (non-hydrogen) atoms. The number of hydrogen-bond acceptors (Lipinski definition) is 5. The number of aliphatic hydroxyl groups is 2. The quantitative estimate of drug-likeness (QED) is 0.295. The fourth-order valence-corrected chi connectivity index (χ4v) is 6.36. The second-order valence-electron chi connectivity index (χ2n) is 11.3. The van der Waals surface area contributed by atoms with Gasteiger partial charge in [-0.05, 0) is 88.4 Å². The predicted molar refractivity (Wildman–Crippen MR) is 150 cm³/mol. The highest BCUT2D eigenvalue weighted by Crippen LogP contribution is 2.42. The number of nitrogens with zero attached hydrogens (tertiary/aromatic N) is 3. The van der Waals surface area contributed by atoms with Crippen LogP contribution in [0.5, 0.6) is 0 Å². The second-order valence-corrected chi connectivity index (χ2v) is 12.2. The lowest BCUT2D eigenvalue weighted by molar-refractivity contribution is -0.262. The summed E-state index contributed by atoms with van der Waals surface area (Å²) in [5.74, 6) is -1.89. The van der Waals surface area contributed by atoms with Crippen molar-refractivity contribution in [2.75, 3.05) is 45.2 Å². The Balaban J connectivity index is 1.31. The number of carbonyl (C=O) groups is 1. The standard InChI is InChI=1S/C29H35Cl2F4N3O3/c1-36(2)26(39)24-4-3-23(17-25(24)31)37-9-5-18(6-10-37)13-19-7-11-38(12-8-19)27(40)28(41,29(33,34)35)20-14-21(30)16-22(32)15-20/h3-4,14-19,26,39,41H,5-13H2,1-2H3. The molecule has 0 radical (unpaired) electrons. The van der Waals surface area contributed by atoms with Crippen LogP contribution in [0.2, 0.25) is 10.0 Å². The van der Waals surface area contributed by atoms with E-state index < -0.39 is 35.3 Å². The molecule has 2 aliphatic heterocycles. The van der Waals surface area contributed by atoms with E-state index in [0.29, 0.717) is 35.4 Å². The molecule has 0 bridgehead atoms. The van der Waals surface area contributed by atoms with E-state index in [1.54, 1.807) is 19.0 Å². The highest BCUT2D eigenvalue weighted by atomic mass is 35.5. The number of benzene rings is 2. The maximum absolute atomic E-state index is 14.0. The van der Waals surface area contributed by atoms with Crippen LogP contribution in [0.4, 0.5) is 23.2 Å². The molecule has 2 heterocycles. The molecule has 2 saturated heterocycles. The second kappa shape index (κ2) is 12.6. The van der Waals surface area contributed by atoms with Crippen molar-refractivity contribution in [1.29, 1.82) is 0 Å². The number of rotatable bonds is 7. The molecule has 0 spiro atoms. The molecule has 2 aromatic carbocycles. The zero-order valence-corrected chi connectivity index (χ0v) is 24.5. The molecule has 2 fully saturated rings. The summed E-state index contributed by atoms with van der Waals surface area (Å²) < 4.78 is 55.9. The number of likely N-dealkylation sites (tertiary alicyclic amines) is 1. The average Bonchev–Trinajstić information content (AvgIpc) is 2.91. The van der Waals surface area contributed by atoms with Gasteiger partial charge in [0.1, 0.15) is 12.0 Å². The maximum Gasteiger partial charge on any atom is 0.430 e. The number of piperidine rings is 2. The lowest BCUT2D eigenvalue weighted by Gasteiger charge is -2.40. The van der Waals surface area contributed by atoms with Crippen LogP contribution in [0.25, 0.3) is 0 Å². The Bertz CT molecular complexity index is 1210. The molecule has 2 atom stereocenters. The van der Waals surface area contributed by atoms with Crippen LogP contribution in [0.1, 0.15) is 49.5 Å². The first-order valence-corrected chi connectivity index (χ1v) is 14.4. The minimum atomic E-state index is -5.36. The zero-order valence-electron chi connectivity index (χ0n) is 23.0. The maximum atomic E-state index is 14.0. The Labute approximate surface area is 247 Å². The van der Waals surface area contributed by atoms with Crippen molar-refractivity contribution in [3.63, 3.8) is 0 Å². The van der Waals surface area contributed by atoms with Crippen LogP contribution in [0, 0.1) is 17.7 Å². The van der Waals surface area contributed by atoms with Crippen molar-refractivity contribution >= 4 is 34.8 Å². The van der Waals surface area contributed by atoms with E-state index in [4.69, 9.17) is 23.2 Å². The van der Waals surface area contributed by atoms with Gasteiger partial charge < -0.3 is 20.0 Å². The number of aliphatic hydroxyl groups excluding tert-OH is 1. The minimum Gasteiger partial charge on any atom is -0.374 e. The summed E-state index contributed by atoms with van der Waals surface area (Å²) in [6.45, 7) is 1.83. The van der Waals surface area contributed by atoms with Crippen molar-refractivity contribution in [3.05, 3.63) is 63.4 Å². The number of halogens is 6. The summed E-state index contributed by atoms with van der Waals surface area (Å²) in [6.07, 6.45) is -2.29. The Morgan fingerprint density at radius 2 is 1.59 bits per heavy atom. The molecular formula is C29H35Cl2F4N3O3. The molecule has 12 heteroatoms. The third kappa shape index (κ3) is 6.94. The Morgan fingerprint density at radius 1 is 1.00 bits per heavy atom. The number of amides is 1. The smallest absolute Gasteiger partial charge is 0.374 e. The molecule has 2 aromatic rings. The van der Waals surface area contributed by atoms with Crippen LogP contribution >= 0.6 is 23.2 Å². The normalized spacial score (nSPS) is 19.9. The first-order valence-electron chi connectivity index (χ1n) is 13.6. The highest BCUT2D eigenvalue weighted by molar-refractivity contribution is 6.31. The fraction of sp³-hybridized carbons (Fsp3) is 0.552. The van der Waals surface area contributed by atoms with Crippen molar-refractivity contribution < 1.29 is 32.6 Å². The Morgan fingerprint density at radius 3 is 2.10 bits per heavy atom. The van der Waals surface area contributed by atoms with Crippen LogP contribution in [-0.2, 0) is 10.4 Å². The molecule has 0 aliphatic carbocycles. The van der Waals surface area contributed by atoms with Gasteiger partial charge in [-0.2, -0.15) is 13.2 Å². The predicted octanol–water partition coefficient (Wildman–Crippen LogP) is 5.98. The molecule has 1 amide bonds. The van der Waals surface area contributed by atoms with Crippen molar-refractivity contribution in [3.8, 4) is 0 Å². The van der Waals surface area contributed by atoms with Crippen molar-refractivity contribution in [2.45, 2.75) is 50.1 Å². The molecule has 2 unspecified atom stereocenters. The average molecular weight is 621 g/mol. The monoisotopic (exact) mass is 619 g/mol. The summed E-state index contributed by atoms with van der Waals surface area (Å²) in [6, 6.07) is 7.74. The number of alkyl halides is 3. The van der Waals surface area contributed by atoms with Gasteiger partial charge in [0.2, 0.25) is 0 Å². The number of hydrogen-bond donors (Lipinski definition) is 2.